The molecule has 3 heterocycles. The first-order chi connectivity index (χ1) is 17.3. The predicted octanol–water partition coefficient (Wildman–Crippen LogP) is 2.42. The molecule has 0 N–H and O–H groups in total. The lowest BCUT2D eigenvalue weighted by molar-refractivity contribution is 0.0966. The fourth-order valence-corrected chi connectivity index (χ4v) is 4.34. The highest BCUT2D eigenvalue weighted by Crippen LogP contribution is 2.29. The summed E-state index contributed by atoms with van der Waals surface area (Å²) in [5.74, 6) is -0.236. The molecule has 182 valence electrons. The number of fused-ring (bicyclic) bond motifs is 3. The number of Topliss-reactive ketones (excluding diaryl/α,β-unsaturated/α-hetero) is 2. The zero-order valence-electron chi connectivity index (χ0n) is 20.1. The Labute approximate surface area is 205 Å². The Balaban J connectivity index is 1.63. The molecule has 2 aromatic carbocycles. The van der Waals surface area contributed by atoms with Crippen LogP contribution in [0.5, 0.6) is 0 Å². The van der Waals surface area contributed by atoms with E-state index in [1.54, 1.807) is 66.1 Å². The van der Waals surface area contributed by atoms with Crippen LogP contribution in [0.3, 0.4) is 0 Å². The van der Waals surface area contributed by atoms with E-state index in [2.05, 4.69) is 10.1 Å². The lowest BCUT2D eigenvalue weighted by Gasteiger charge is -2.28. The SMILES string of the molecule is CC1=NN(CC(=O)c2ccccc2)c2nc3c(c(=O)n(CC(=O)c4ccccc4)c(=O)n3C)n2[C@H]1C. The first kappa shape index (κ1) is 23.2. The number of hydrogen-bond donors (Lipinski definition) is 0. The van der Waals surface area contributed by atoms with Crippen LogP contribution in [0.25, 0.3) is 11.2 Å². The zero-order chi connectivity index (χ0) is 25.6. The van der Waals surface area contributed by atoms with Crippen molar-refractivity contribution in [1.82, 2.24) is 18.7 Å². The summed E-state index contributed by atoms with van der Waals surface area (Å²) in [5.41, 5.74) is 0.674. The third kappa shape index (κ3) is 3.76. The van der Waals surface area contributed by atoms with E-state index in [0.29, 0.717) is 16.8 Å². The van der Waals surface area contributed by atoms with Gasteiger partial charge in [-0.25, -0.2) is 9.80 Å². The lowest BCUT2D eigenvalue weighted by atomic mass is 10.1. The number of anilines is 1. The van der Waals surface area contributed by atoms with Crippen LogP contribution in [0, 0.1) is 0 Å². The molecule has 0 amide bonds. The Hall–Kier alpha value is -4.60. The lowest BCUT2D eigenvalue weighted by Crippen LogP contribution is -2.42. The van der Waals surface area contributed by atoms with E-state index in [0.717, 1.165) is 4.57 Å². The molecule has 1 aliphatic heterocycles. The van der Waals surface area contributed by atoms with Gasteiger partial charge in [-0.3, -0.25) is 28.1 Å². The second kappa shape index (κ2) is 8.88. The van der Waals surface area contributed by atoms with Gasteiger partial charge >= 0.3 is 5.69 Å². The highest BCUT2D eigenvalue weighted by molar-refractivity contribution is 6.00. The first-order valence-electron chi connectivity index (χ1n) is 11.5. The summed E-state index contributed by atoms with van der Waals surface area (Å²) in [6, 6.07) is 17.0. The Morgan fingerprint density at radius 1 is 0.889 bits per heavy atom. The minimum Gasteiger partial charge on any atom is -0.294 e. The van der Waals surface area contributed by atoms with Gasteiger partial charge in [0, 0.05) is 18.2 Å². The van der Waals surface area contributed by atoms with E-state index in [1.807, 2.05) is 13.0 Å². The molecule has 0 spiro atoms. The number of aryl methyl sites for hydroxylation is 1. The monoisotopic (exact) mass is 484 g/mol. The van der Waals surface area contributed by atoms with Crippen molar-refractivity contribution in [3.05, 3.63) is 92.6 Å². The molecule has 0 saturated carbocycles. The van der Waals surface area contributed by atoms with Gasteiger partial charge in [0.25, 0.3) is 5.56 Å². The summed E-state index contributed by atoms with van der Waals surface area (Å²) in [5, 5.41) is 6.01. The van der Waals surface area contributed by atoms with E-state index in [9.17, 15) is 19.2 Å². The van der Waals surface area contributed by atoms with Crippen molar-refractivity contribution in [2.75, 3.05) is 11.6 Å². The van der Waals surface area contributed by atoms with Crippen LogP contribution in [0.4, 0.5) is 5.95 Å². The zero-order valence-corrected chi connectivity index (χ0v) is 20.1. The summed E-state index contributed by atoms with van der Waals surface area (Å²) < 4.78 is 3.86. The second-order valence-electron chi connectivity index (χ2n) is 8.74. The van der Waals surface area contributed by atoms with Gasteiger partial charge in [0.15, 0.2) is 22.7 Å². The van der Waals surface area contributed by atoms with Crippen LogP contribution in [-0.2, 0) is 13.6 Å². The van der Waals surface area contributed by atoms with Gasteiger partial charge in [0.1, 0.15) is 6.54 Å². The van der Waals surface area contributed by atoms with Gasteiger partial charge in [-0.2, -0.15) is 10.1 Å². The molecule has 10 nitrogen and oxygen atoms in total. The molecule has 10 heteroatoms. The van der Waals surface area contributed by atoms with Gasteiger partial charge in [-0.05, 0) is 13.8 Å². The number of carbonyl (C=O) groups excluding carboxylic acids is 2. The van der Waals surface area contributed by atoms with Gasteiger partial charge in [0.2, 0.25) is 5.95 Å². The van der Waals surface area contributed by atoms with Crippen molar-refractivity contribution in [2.45, 2.75) is 26.4 Å². The molecule has 0 unspecified atom stereocenters. The number of imidazole rings is 1. The van der Waals surface area contributed by atoms with Gasteiger partial charge in [0.05, 0.1) is 18.3 Å². The minimum absolute atomic E-state index is 0.0912. The average Bonchev–Trinajstić information content (AvgIpc) is 3.31. The Bertz CT molecular complexity index is 1650. The molecule has 2 aromatic heterocycles. The molecule has 0 aliphatic carbocycles. The van der Waals surface area contributed by atoms with E-state index < -0.39 is 17.8 Å². The summed E-state index contributed by atoms with van der Waals surface area (Å²) in [6.07, 6.45) is 0. The topological polar surface area (TPSA) is 112 Å². The maximum absolute atomic E-state index is 13.6. The largest absolute Gasteiger partial charge is 0.332 e. The number of nitrogens with zero attached hydrogens (tertiary/aromatic N) is 6. The standard InChI is InChI=1S/C26H24N6O4/c1-16-17(2)32-22-23(27-25(32)31(28-16)15-21(34)19-12-8-5-9-13-19)29(3)26(36)30(24(22)35)14-20(33)18-10-6-4-7-11-18/h4-13,17H,14-15H2,1-3H3/t17-/m0/s1. The molecular formula is C26H24N6O4. The quantitative estimate of drug-likeness (QED) is 0.389. The van der Waals surface area contributed by atoms with Crippen molar-refractivity contribution in [3.63, 3.8) is 0 Å². The molecular weight excluding hydrogens is 460 g/mol. The van der Waals surface area contributed by atoms with Gasteiger partial charge in [-0.15, -0.1) is 0 Å². The van der Waals surface area contributed by atoms with Crippen LogP contribution in [0.2, 0.25) is 0 Å². The highest BCUT2D eigenvalue weighted by Gasteiger charge is 2.32. The van der Waals surface area contributed by atoms with E-state index >= 15 is 0 Å². The van der Waals surface area contributed by atoms with Crippen LogP contribution in [-0.4, -0.2) is 42.5 Å². The van der Waals surface area contributed by atoms with Crippen molar-refractivity contribution >= 4 is 34.4 Å². The number of rotatable bonds is 6. The van der Waals surface area contributed by atoms with Crippen molar-refractivity contribution in [1.29, 1.82) is 0 Å². The molecule has 36 heavy (non-hydrogen) atoms. The van der Waals surface area contributed by atoms with Crippen LogP contribution < -0.4 is 16.3 Å². The fourth-order valence-electron chi connectivity index (χ4n) is 4.34. The van der Waals surface area contributed by atoms with Crippen molar-refractivity contribution < 1.29 is 9.59 Å². The van der Waals surface area contributed by atoms with Gasteiger partial charge < -0.3 is 0 Å². The van der Waals surface area contributed by atoms with Crippen molar-refractivity contribution in [2.24, 2.45) is 12.1 Å². The Morgan fingerprint density at radius 2 is 1.44 bits per heavy atom. The summed E-state index contributed by atoms with van der Waals surface area (Å²) in [7, 11) is 1.50. The second-order valence-corrected chi connectivity index (χ2v) is 8.74. The third-order valence-electron chi connectivity index (χ3n) is 6.45. The summed E-state index contributed by atoms with van der Waals surface area (Å²) >= 11 is 0. The van der Waals surface area contributed by atoms with Crippen molar-refractivity contribution in [3.8, 4) is 0 Å². The summed E-state index contributed by atoms with van der Waals surface area (Å²) in [4.78, 5) is 57.0. The van der Waals surface area contributed by atoms with Gasteiger partial charge in [-0.1, -0.05) is 60.7 Å². The van der Waals surface area contributed by atoms with Crippen LogP contribution in [0.15, 0.2) is 75.4 Å². The fraction of sp³-hybridized carbons (Fsp3) is 0.231. The number of hydrazone groups is 1. The highest BCUT2D eigenvalue weighted by atomic mass is 16.2. The molecule has 0 bridgehead atoms. The predicted molar refractivity (Wildman–Crippen MR) is 136 cm³/mol. The van der Waals surface area contributed by atoms with Crippen LogP contribution in [0.1, 0.15) is 40.6 Å². The Kier molecular flexibility index (Phi) is 5.71. The van der Waals surface area contributed by atoms with E-state index in [4.69, 9.17) is 0 Å². The minimum atomic E-state index is -0.649. The first-order valence-corrected chi connectivity index (χ1v) is 11.5. The molecule has 0 saturated heterocycles. The molecule has 1 aliphatic rings. The normalized spacial score (nSPS) is 15.0. The molecule has 4 aromatic rings. The molecule has 1 atom stereocenters. The molecule has 0 fully saturated rings. The maximum Gasteiger partial charge on any atom is 0.332 e. The summed E-state index contributed by atoms with van der Waals surface area (Å²) in [6.45, 7) is 3.18. The van der Waals surface area contributed by atoms with E-state index in [1.165, 1.54) is 16.6 Å². The van der Waals surface area contributed by atoms with Crippen LogP contribution >= 0.6 is 0 Å². The number of ketones is 2. The molecule has 5 rings (SSSR count). The molecule has 0 radical (unpaired) electrons. The Morgan fingerprint density at radius 3 is 2.03 bits per heavy atom. The number of hydrogen-bond acceptors (Lipinski definition) is 7. The average molecular weight is 485 g/mol. The maximum atomic E-state index is 13.6. The number of carbonyl (C=O) groups is 2. The smallest absolute Gasteiger partial charge is 0.294 e. The third-order valence-corrected chi connectivity index (χ3v) is 6.45. The van der Waals surface area contributed by atoms with E-state index in [-0.39, 0.29) is 41.3 Å². The number of aromatic nitrogens is 4. The number of benzene rings is 2.